The van der Waals surface area contributed by atoms with Gasteiger partial charge in [0.25, 0.3) is 0 Å². The Bertz CT molecular complexity index is 816. The van der Waals surface area contributed by atoms with Gasteiger partial charge >= 0.3 is 0 Å². The van der Waals surface area contributed by atoms with Gasteiger partial charge in [-0.1, -0.05) is 55.5 Å². The molecule has 0 saturated heterocycles. The van der Waals surface area contributed by atoms with Crippen molar-refractivity contribution in [3.63, 3.8) is 0 Å². The first-order valence-electron chi connectivity index (χ1n) is 9.77. The summed E-state index contributed by atoms with van der Waals surface area (Å²) in [7, 11) is 0. The van der Waals surface area contributed by atoms with Crippen LogP contribution in [0.5, 0.6) is 0 Å². The van der Waals surface area contributed by atoms with Gasteiger partial charge in [0.15, 0.2) is 0 Å². The Hall–Kier alpha value is -2.62. The van der Waals surface area contributed by atoms with E-state index in [1.807, 2.05) is 67.3 Å². The smallest absolute Gasteiger partial charge is 0.228 e. The van der Waals surface area contributed by atoms with E-state index in [0.717, 1.165) is 28.8 Å². The fourth-order valence-corrected chi connectivity index (χ4v) is 3.56. The molecule has 1 aliphatic rings. The number of benzene rings is 2. The highest BCUT2D eigenvalue weighted by molar-refractivity contribution is 6.00. The average molecular weight is 364 g/mol. The maximum atomic E-state index is 12.8. The molecule has 142 valence electrons. The molecule has 1 N–H and O–H groups in total. The van der Waals surface area contributed by atoms with E-state index >= 15 is 0 Å². The van der Waals surface area contributed by atoms with Crippen LogP contribution >= 0.6 is 0 Å². The summed E-state index contributed by atoms with van der Waals surface area (Å²) in [6, 6.07) is 16.0. The molecule has 0 spiro atoms. The molecule has 0 radical (unpaired) electrons. The van der Waals surface area contributed by atoms with Gasteiger partial charge in [0.05, 0.1) is 11.8 Å². The van der Waals surface area contributed by atoms with Gasteiger partial charge in [-0.15, -0.1) is 0 Å². The molecule has 0 aliphatic heterocycles. The lowest BCUT2D eigenvalue weighted by atomic mass is 10.1. The van der Waals surface area contributed by atoms with Crippen molar-refractivity contribution < 1.29 is 9.59 Å². The first kappa shape index (κ1) is 19.2. The highest BCUT2D eigenvalue weighted by Gasteiger charge is 2.49. The van der Waals surface area contributed by atoms with Gasteiger partial charge in [-0.25, -0.2) is 0 Å². The maximum Gasteiger partial charge on any atom is 0.228 e. The van der Waals surface area contributed by atoms with Crippen LogP contribution in [0.1, 0.15) is 37.0 Å². The van der Waals surface area contributed by atoms with Crippen LogP contribution in [0, 0.1) is 18.8 Å². The zero-order valence-electron chi connectivity index (χ0n) is 16.4. The van der Waals surface area contributed by atoms with Crippen molar-refractivity contribution in [2.24, 2.45) is 11.8 Å². The quantitative estimate of drug-likeness (QED) is 0.801. The van der Waals surface area contributed by atoms with Gasteiger partial charge in [-0.2, -0.15) is 0 Å². The molecule has 0 heterocycles. The topological polar surface area (TPSA) is 49.4 Å². The maximum absolute atomic E-state index is 12.8. The molecule has 0 aromatic heterocycles. The average Bonchev–Trinajstić information content (AvgIpc) is 3.49. The summed E-state index contributed by atoms with van der Waals surface area (Å²) in [5.41, 5.74) is 4.21. The molecule has 1 saturated carbocycles. The van der Waals surface area contributed by atoms with Crippen molar-refractivity contribution in [1.82, 2.24) is 4.90 Å². The molecule has 2 atom stereocenters. The molecule has 1 fully saturated rings. The lowest BCUT2D eigenvalue weighted by Crippen LogP contribution is -2.33. The third-order valence-electron chi connectivity index (χ3n) is 5.34. The van der Waals surface area contributed by atoms with Crippen LogP contribution in [-0.2, 0) is 22.6 Å². The van der Waals surface area contributed by atoms with E-state index in [1.165, 1.54) is 0 Å². The van der Waals surface area contributed by atoms with Crippen molar-refractivity contribution >= 4 is 17.5 Å². The molecular weight excluding hydrogens is 336 g/mol. The summed E-state index contributed by atoms with van der Waals surface area (Å²) >= 11 is 0. The summed E-state index contributed by atoms with van der Waals surface area (Å²) in [6.45, 7) is 7.31. The predicted octanol–water partition coefficient (Wildman–Crippen LogP) is 4.18. The van der Waals surface area contributed by atoms with Gasteiger partial charge in [0.2, 0.25) is 11.8 Å². The number of para-hydroxylation sites is 1. The van der Waals surface area contributed by atoms with E-state index in [0.29, 0.717) is 19.5 Å². The number of hydrogen-bond donors (Lipinski definition) is 1. The number of amides is 2. The summed E-state index contributed by atoms with van der Waals surface area (Å²) in [6.07, 6.45) is 1.51. The molecule has 3 rings (SSSR count). The Labute approximate surface area is 161 Å². The molecule has 0 bridgehead atoms. The van der Waals surface area contributed by atoms with Crippen LogP contribution in [-0.4, -0.2) is 23.3 Å². The number of nitrogens with zero attached hydrogens (tertiary/aromatic N) is 1. The fourth-order valence-electron chi connectivity index (χ4n) is 3.56. The molecule has 2 aromatic rings. The van der Waals surface area contributed by atoms with Crippen molar-refractivity contribution in [2.75, 3.05) is 11.9 Å². The molecule has 4 heteroatoms. The number of hydrogen-bond acceptors (Lipinski definition) is 2. The molecular formula is C23H28N2O2. The Kier molecular flexibility index (Phi) is 5.94. The number of nitrogens with one attached hydrogen (secondary N) is 1. The minimum atomic E-state index is -0.216. The SMILES string of the molecule is CCc1cccc(C)c1NC(=O)C1CC1C(=O)N(CC)Cc1ccccc1. The summed E-state index contributed by atoms with van der Waals surface area (Å²) in [5, 5.41) is 3.07. The minimum Gasteiger partial charge on any atom is -0.338 e. The van der Waals surface area contributed by atoms with Gasteiger partial charge in [-0.3, -0.25) is 9.59 Å². The minimum absolute atomic E-state index is 0.0342. The second kappa shape index (κ2) is 8.38. The van der Waals surface area contributed by atoms with E-state index in [-0.39, 0.29) is 23.7 Å². The highest BCUT2D eigenvalue weighted by Crippen LogP contribution is 2.41. The lowest BCUT2D eigenvalue weighted by Gasteiger charge is -2.21. The summed E-state index contributed by atoms with van der Waals surface area (Å²) in [4.78, 5) is 27.4. The monoisotopic (exact) mass is 364 g/mol. The normalized spacial score (nSPS) is 18.0. The van der Waals surface area contributed by atoms with Crippen LogP contribution in [0.4, 0.5) is 5.69 Å². The van der Waals surface area contributed by atoms with Gasteiger partial charge in [0.1, 0.15) is 0 Å². The molecule has 1 aliphatic carbocycles. The number of anilines is 1. The molecule has 2 amide bonds. The van der Waals surface area contributed by atoms with Gasteiger partial charge < -0.3 is 10.2 Å². The Morgan fingerprint density at radius 3 is 2.44 bits per heavy atom. The number of carbonyl (C=O) groups is 2. The Morgan fingerprint density at radius 2 is 1.78 bits per heavy atom. The van der Waals surface area contributed by atoms with Crippen LogP contribution in [0.15, 0.2) is 48.5 Å². The van der Waals surface area contributed by atoms with E-state index in [4.69, 9.17) is 0 Å². The van der Waals surface area contributed by atoms with Gasteiger partial charge in [0, 0.05) is 18.8 Å². The molecule has 2 aromatic carbocycles. The summed E-state index contributed by atoms with van der Waals surface area (Å²) < 4.78 is 0. The van der Waals surface area contributed by atoms with Crippen molar-refractivity contribution in [3.8, 4) is 0 Å². The van der Waals surface area contributed by atoms with E-state index in [2.05, 4.69) is 12.2 Å². The van der Waals surface area contributed by atoms with Crippen LogP contribution < -0.4 is 5.32 Å². The van der Waals surface area contributed by atoms with Crippen LogP contribution in [0.2, 0.25) is 0 Å². The zero-order chi connectivity index (χ0) is 19.4. The second-order valence-electron chi connectivity index (χ2n) is 7.24. The second-order valence-corrected chi connectivity index (χ2v) is 7.24. The third kappa shape index (κ3) is 4.38. The molecule has 27 heavy (non-hydrogen) atoms. The Balaban J connectivity index is 1.62. The number of carbonyl (C=O) groups excluding carboxylic acids is 2. The van der Waals surface area contributed by atoms with Crippen molar-refractivity contribution in [3.05, 3.63) is 65.2 Å². The zero-order valence-corrected chi connectivity index (χ0v) is 16.4. The number of rotatable bonds is 7. The Morgan fingerprint density at radius 1 is 1.04 bits per heavy atom. The van der Waals surface area contributed by atoms with Crippen molar-refractivity contribution in [1.29, 1.82) is 0 Å². The highest BCUT2D eigenvalue weighted by atomic mass is 16.2. The van der Waals surface area contributed by atoms with E-state index in [1.54, 1.807) is 0 Å². The lowest BCUT2D eigenvalue weighted by molar-refractivity contribution is -0.134. The first-order valence-corrected chi connectivity index (χ1v) is 9.77. The van der Waals surface area contributed by atoms with Gasteiger partial charge in [-0.05, 0) is 43.4 Å². The van der Waals surface area contributed by atoms with Crippen molar-refractivity contribution in [2.45, 2.75) is 40.2 Å². The molecule has 2 unspecified atom stereocenters. The standard InChI is InChI=1S/C23H28N2O2/c1-4-18-13-9-10-16(3)21(18)24-22(26)19-14-20(19)23(27)25(5-2)15-17-11-7-6-8-12-17/h6-13,19-20H,4-5,14-15H2,1-3H3,(H,24,26). The first-order chi connectivity index (χ1) is 13.0. The van der Waals surface area contributed by atoms with E-state index < -0.39 is 0 Å². The van der Waals surface area contributed by atoms with Crippen LogP contribution in [0.3, 0.4) is 0 Å². The largest absolute Gasteiger partial charge is 0.338 e. The predicted molar refractivity (Wildman–Crippen MR) is 108 cm³/mol. The van der Waals surface area contributed by atoms with E-state index in [9.17, 15) is 9.59 Å². The molecule has 4 nitrogen and oxygen atoms in total. The summed E-state index contributed by atoms with van der Waals surface area (Å²) in [5.74, 6) is -0.357. The van der Waals surface area contributed by atoms with Crippen LogP contribution in [0.25, 0.3) is 0 Å². The fraction of sp³-hybridized carbons (Fsp3) is 0.391. The number of aryl methyl sites for hydroxylation is 2. The third-order valence-corrected chi connectivity index (χ3v) is 5.34.